The summed E-state index contributed by atoms with van der Waals surface area (Å²) in [7, 11) is -1.84. The maximum absolute atomic E-state index is 9.61. The SMILES string of the molecule is CCCCCCCCSCCCCCCCCOCC(CO)O[Si](C)(C)C(C)(C)C. The molecule has 0 bridgehead atoms. The Kier molecular flexibility index (Phi) is 19.2. The van der Waals surface area contributed by atoms with Crippen LogP contribution in [0.1, 0.15) is 105 Å². The van der Waals surface area contributed by atoms with Crippen molar-refractivity contribution in [2.75, 3.05) is 31.3 Å². The van der Waals surface area contributed by atoms with Gasteiger partial charge in [-0.1, -0.05) is 85.5 Å². The quantitative estimate of drug-likeness (QED) is 0.139. The van der Waals surface area contributed by atoms with Gasteiger partial charge in [-0.2, -0.15) is 11.8 Å². The van der Waals surface area contributed by atoms with Crippen molar-refractivity contribution in [3.05, 3.63) is 0 Å². The summed E-state index contributed by atoms with van der Waals surface area (Å²) in [5.74, 6) is 2.70. The molecule has 0 aliphatic rings. The van der Waals surface area contributed by atoms with Gasteiger partial charge >= 0.3 is 0 Å². The van der Waals surface area contributed by atoms with Crippen molar-refractivity contribution in [2.24, 2.45) is 0 Å². The maximum atomic E-state index is 9.61. The smallest absolute Gasteiger partial charge is 0.192 e. The second-order valence-electron chi connectivity index (χ2n) is 10.3. The Morgan fingerprint density at radius 2 is 1.30 bits per heavy atom. The van der Waals surface area contributed by atoms with Crippen LogP contribution in [0.5, 0.6) is 0 Å². The standard InChI is InChI=1S/C25H54O3SSi/c1-7-8-9-10-14-17-20-29-21-18-15-12-11-13-16-19-27-23-24(22-26)28-30(5,6)25(2,3)4/h24,26H,7-23H2,1-6H3. The van der Waals surface area contributed by atoms with E-state index in [9.17, 15) is 5.11 Å². The molecule has 1 atom stereocenters. The van der Waals surface area contributed by atoms with E-state index in [0.29, 0.717) is 6.61 Å². The molecule has 0 radical (unpaired) electrons. The molecule has 0 aromatic heterocycles. The zero-order valence-corrected chi connectivity index (χ0v) is 23.1. The maximum Gasteiger partial charge on any atom is 0.192 e. The lowest BCUT2D eigenvalue weighted by Gasteiger charge is -2.38. The molecule has 1 unspecified atom stereocenters. The third-order valence-electron chi connectivity index (χ3n) is 6.24. The van der Waals surface area contributed by atoms with E-state index in [2.05, 4.69) is 52.6 Å². The van der Waals surface area contributed by atoms with Gasteiger partial charge in [-0.25, -0.2) is 0 Å². The van der Waals surface area contributed by atoms with Gasteiger partial charge in [0.05, 0.1) is 19.3 Å². The highest BCUT2D eigenvalue weighted by atomic mass is 32.2. The van der Waals surface area contributed by atoms with Gasteiger partial charge in [-0.15, -0.1) is 0 Å². The first-order chi connectivity index (χ1) is 14.2. The normalized spacial score (nSPS) is 13.7. The van der Waals surface area contributed by atoms with Crippen LogP contribution >= 0.6 is 11.8 Å². The molecule has 0 heterocycles. The van der Waals surface area contributed by atoms with E-state index < -0.39 is 8.32 Å². The molecule has 0 aliphatic carbocycles. The average molecular weight is 463 g/mol. The van der Waals surface area contributed by atoms with Crippen molar-refractivity contribution < 1.29 is 14.3 Å². The number of thioether (sulfide) groups is 1. The van der Waals surface area contributed by atoms with Gasteiger partial charge in [0.2, 0.25) is 0 Å². The minimum Gasteiger partial charge on any atom is -0.409 e. The highest BCUT2D eigenvalue weighted by Gasteiger charge is 2.39. The highest BCUT2D eigenvalue weighted by Crippen LogP contribution is 2.37. The number of hydrogen-bond acceptors (Lipinski definition) is 4. The minimum atomic E-state index is -1.84. The molecular weight excluding hydrogens is 408 g/mol. The van der Waals surface area contributed by atoms with Gasteiger partial charge in [-0.3, -0.25) is 0 Å². The zero-order valence-electron chi connectivity index (χ0n) is 21.3. The second-order valence-corrected chi connectivity index (χ2v) is 16.2. The van der Waals surface area contributed by atoms with Crippen LogP contribution < -0.4 is 0 Å². The fourth-order valence-corrected chi connectivity index (χ4v) is 5.48. The number of aliphatic hydroxyl groups is 1. The molecule has 1 N–H and O–H groups in total. The van der Waals surface area contributed by atoms with Crippen molar-refractivity contribution in [1.29, 1.82) is 0 Å². The summed E-state index contributed by atoms with van der Waals surface area (Å²) in [5.41, 5.74) is 0. The van der Waals surface area contributed by atoms with Crippen LogP contribution in [0.3, 0.4) is 0 Å². The summed E-state index contributed by atoms with van der Waals surface area (Å²) in [5, 5.41) is 9.77. The van der Waals surface area contributed by atoms with Crippen molar-refractivity contribution in [2.45, 2.75) is 129 Å². The van der Waals surface area contributed by atoms with Crippen LogP contribution in [-0.4, -0.2) is 50.9 Å². The molecule has 182 valence electrons. The van der Waals surface area contributed by atoms with E-state index in [4.69, 9.17) is 9.16 Å². The third-order valence-corrected chi connectivity index (χ3v) is 11.9. The number of rotatable bonds is 21. The molecule has 0 saturated carbocycles. The van der Waals surface area contributed by atoms with Crippen molar-refractivity contribution in [3.63, 3.8) is 0 Å². The number of ether oxygens (including phenoxy) is 1. The van der Waals surface area contributed by atoms with Crippen LogP contribution in [0.25, 0.3) is 0 Å². The van der Waals surface area contributed by atoms with Crippen molar-refractivity contribution >= 4 is 20.1 Å². The molecule has 0 aliphatic heterocycles. The van der Waals surface area contributed by atoms with Crippen LogP contribution in [0.15, 0.2) is 0 Å². The predicted octanol–water partition coefficient (Wildman–Crippen LogP) is 7.82. The predicted molar refractivity (Wildman–Crippen MR) is 138 cm³/mol. The molecular formula is C25H54O3SSi. The fourth-order valence-electron chi connectivity index (χ4n) is 3.13. The molecule has 3 nitrogen and oxygen atoms in total. The van der Waals surface area contributed by atoms with E-state index in [1.807, 2.05) is 0 Å². The highest BCUT2D eigenvalue weighted by molar-refractivity contribution is 7.99. The van der Waals surface area contributed by atoms with E-state index >= 15 is 0 Å². The molecule has 0 aromatic carbocycles. The first-order valence-corrected chi connectivity index (χ1v) is 16.7. The number of unbranched alkanes of at least 4 members (excludes halogenated alkanes) is 10. The van der Waals surface area contributed by atoms with Crippen LogP contribution in [0.2, 0.25) is 18.1 Å². The lowest BCUT2D eigenvalue weighted by Crippen LogP contribution is -2.46. The van der Waals surface area contributed by atoms with Crippen molar-refractivity contribution in [1.82, 2.24) is 0 Å². The lowest BCUT2D eigenvalue weighted by atomic mass is 10.1. The van der Waals surface area contributed by atoms with Gasteiger partial charge in [0.25, 0.3) is 0 Å². The summed E-state index contributed by atoms with van der Waals surface area (Å²) < 4.78 is 12.0. The second kappa shape index (κ2) is 19.0. The molecule has 5 heteroatoms. The van der Waals surface area contributed by atoms with Gasteiger partial charge in [0.1, 0.15) is 0 Å². The van der Waals surface area contributed by atoms with E-state index in [1.54, 1.807) is 0 Å². The monoisotopic (exact) mass is 462 g/mol. The molecule has 0 aromatic rings. The Bertz CT molecular complexity index is 372. The van der Waals surface area contributed by atoms with Gasteiger partial charge < -0.3 is 14.3 Å². The summed E-state index contributed by atoms with van der Waals surface area (Å²) in [6, 6.07) is 0. The number of aliphatic hydroxyl groups excluding tert-OH is 1. The largest absolute Gasteiger partial charge is 0.409 e. The molecule has 0 spiro atoms. The molecule has 0 rings (SSSR count). The lowest BCUT2D eigenvalue weighted by molar-refractivity contribution is 0.0119. The summed E-state index contributed by atoms with van der Waals surface area (Å²) in [4.78, 5) is 0. The van der Waals surface area contributed by atoms with E-state index in [1.165, 1.54) is 82.1 Å². The summed E-state index contributed by atoms with van der Waals surface area (Å²) >= 11 is 2.15. The topological polar surface area (TPSA) is 38.7 Å². The molecule has 0 saturated heterocycles. The van der Waals surface area contributed by atoms with E-state index in [-0.39, 0.29) is 17.7 Å². The minimum absolute atomic E-state index is 0.0450. The summed E-state index contributed by atoms with van der Waals surface area (Å²) in [6.07, 6.45) is 16.1. The Hall–Kier alpha value is 0.447. The summed E-state index contributed by atoms with van der Waals surface area (Å²) in [6.45, 7) is 14.7. The Labute approximate surface area is 194 Å². The van der Waals surface area contributed by atoms with Crippen LogP contribution in [0.4, 0.5) is 0 Å². The third kappa shape index (κ3) is 17.1. The fraction of sp³-hybridized carbons (Fsp3) is 1.00. The Morgan fingerprint density at radius 3 is 1.80 bits per heavy atom. The zero-order chi connectivity index (χ0) is 22.7. The Balaban J connectivity index is 3.43. The van der Waals surface area contributed by atoms with E-state index in [0.717, 1.165) is 13.0 Å². The Morgan fingerprint density at radius 1 is 0.800 bits per heavy atom. The van der Waals surface area contributed by atoms with Crippen molar-refractivity contribution in [3.8, 4) is 0 Å². The van der Waals surface area contributed by atoms with Crippen LogP contribution in [-0.2, 0) is 9.16 Å². The molecule has 0 amide bonds. The van der Waals surface area contributed by atoms with Gasteiger partial charge in [-0.05, 0) is 48.9 Å². The van der Waals surface area contributed by atoms with Gasteiger partial charge in [0.15, 0.2) is 8.32 Å². The number of hydrogen-bond donors (Lipinski definition) is 1. The van der Waals surface area contributed by atoms with Crippen LogP contribution in [0, 0.1) is 0 Å². The molecule has 30 heavy (non-hydrogen) atoms. The average Bonchev–Trinajstić information content (AvgIpc) is 2.68. The first kappa shape index (κ1) is 30.4. The van der Waals surface area contributed by atoms with Gasteiger partial charge in [0, 0.05) is 6.61 Å². The molecule has 0 fully saturated rings. The first-order valence-electron chi connectivity index (χ1n) is 12.7.